The van der Waals surface area contributed by atoms with Crippen molar-refractivity contribution >= 4 is 34.0 Å². The fourth-order valence-electron chi connectivity index (χ4n) is 1.50. The summed E-state index contributed by atoms with van der Waals surface area (Å²) in [5.41, 5.74) is -0.110. The predicted molar refractivity (Wildman–Crippen MR) is 67.9 cm³/mol. The van der Waals surface area contributed by atoms with E-state index in [0.29, 0.717) is 5.16 Å². The van der Waals surface area contributed by atoms with Crippen LogP contribution >= 0.6 is 24.0 Å². The third-order valence-electron chi connectivity index (χ3n) is 2.37. The van der Waals surface area contributed by atoms with E-state index in [1.807, 2.05) is 0 Å². The first-order chi connectivity index (χ1) is 8.16. The molecule has 0 spiro atoms. The average Bonchev–Trinajstić information content (AvgIpc) is 2.83. The van der Waals surface area contributed by atoms with Crippen molar-refractivity contribution in [3.63, 3.8) is 0 Å². The first-order valence-electron chi connectivity index (χ1n) is 5.10. The fourth-order valence-corrected chi connectivity index (χ4v) is 2.58. The minimum Gasteiger partial charge on any atom is -0.357 e. The van der Waals surface area contributed by atoms with Gasteiger partial charge in [-0.25, -0.2) is 9.97 Å². The molecule has 0 atom stereocenters. The van der Waals surface area contributed by atoms with E-state index >= 15 is 0 Å². The molecule has 6 nitrogen and oxygen atoms in total. The lowest BCUT2D eigenvalue weighted by molar-refractivity contribution is -0.385. The molecular weight excluding hydrogens is 260 g/mol. The Bertz CT molecular complexity index is 431. The van der Waals surface area contributed by atoms with Crippen LogP contribution in [-0.4, -0.2) is 37.2 Å². The Hall–Kier alpha value is -1.28. The highest BCUT2D eigenvalue weighted by molar-refractivity contribution is 8.22. The molecule has 0 unspecified atom stereocenters. The topological polar surface area (TPSA) is 72.2 Å². The number of hydrogen-bond donors (Lipinski definition) is 0. The Balaban J connectivity index is 1.98. The molecule has 0 amide bonds. The molecule has 0 aromatic carbocycles. The largest absolute Gasteiger partial charge is 0.357 e. The van der Waals surface area contributed by atoms with Crippen LogP contribution in [0.4, 0.5) is 5.69 Å². The average molecular weight is 270 g/mol. The van der Waals surface area contributed by atoms with E-state index in [2.05, 4.69) is 14.9 Å². The van der Waals surface area contributed by atoms with E-state index in [4.69, 9.17) is 12.2 Å². The molecule has 90 valence electrons. The van der Waals surface area contributed by atoms with Crippen molar-refractivity contribution < 1.29 is 4.92 Å². The van der Waals surface area contributed by atoms with Gasteiger partial charge in [0.1, 0.15) is 16.7 Å². The van der Waals surface area contributed by atoms with Crippen LogP contribution in [0.15, 0.2) is 17.6 Å². The molecule has 1 saturated heterocycles. The molecule has 0 bridgehead atoms. The van der Waals surface area contributed by atoms with Crippen LogP contribution in [0.1, 0.15) is 12.8 Å². The van der Waals surface area contributed by atoms with Gasteiger partial charge in [0.15, 0.2) is 5.16 Å². The Labute approximate surface area is 108 Å². The summed E-state index contributed by atoms with van der Waals surface area (Å²) in [5.74, 6) is 0. The summed E-state index contributed by atoms with van der Waals surface area (Å²) in [6.45, 7) is 1.94. The van der Waals surface area contributed by atoms with Crippen molar-refractivity contribution in [2.45, 2.75) is 18.0 Å². The second kappa shape index (κ2) is 5.37. The van der Waals surface area contributed by atoms with Crippen molar-refractivity contribution in [3.8, 4) is 0 Å². The Morgan fingerprint density at radius 2 is 2.00 bits per heavy atom. The van der Waals surface area contributed by atoms with E-state index in [0.717, 1.165) is 30.3 Å². The highest BCUT2D eigenvalue weighted by atomic mass is 32.2. The van der Waals surface area contributed by atoms with Crippen LogP contribution in [-0.2, 0) is 0 Å². The Morgan fingerprint density at radius 1 is 1.41 bits per heavy atom. The summed E-state index contributed by atoms with van der Waals surface area (Å²) < 4.78 is 0.733. The maximum absolute atomic E-state index is 10.4. The lowest BCUT2D eigenvalue weighted by atomic mass is 10.4. The number of rotatable bonds is 2. The van der Waals surface area contributed by atoms with Crippen LogP contribution in [0, 0.1) is 10.1 Å². The number of nitrogens with zero attached hydrogens (tertiary/aromatic N) is 4. The molecule has 2 heterocycles. The number of aromatic nitrogens is 2. The lowest BCUT2D eigenvalue weighted by Gasteiger charge is -2.16. The number of thioether (sulfide) groups is 1. The molecule has 1 fully saturated rings. The second-order valence-electron chi connectivity index (χ2n) is 3.54. The molecule has 1 aromatic rings. The molecule has 1 aliphatic rings. The third-order valence-corrected chi connectivity index (χ3v) is 3.70. The molecule has 0 N–H and O–H groups in total. The van der Waals surface area contributed by atoms with E-state index in [9.17, 15) is 10.1 Å². The first kappa shape index (κ1) is 12.2. The zero-order valence-electron chi connectivity index (χ0n) is 8.90. The monoisotopic (exact) mass is 270 g/mol. The highest BCUT2D eigenvalue weighted by Gasteiger charge is 2.17. The van der Waals surface area contributed by atoms with Crippen LogP contribution in [0.25, 0.3) is 0 Å². The molecule has 2 rings (SSSR count). The van der Waals surface area contributed by atoms with Gasteiger partial charge in [-0.15, -0.1) is 0 Å². The summed E-state index contributed by atoms with van der Waals surface area (Å²) in [6.07, 6.45) is 4.70. The lowest BCUT2D eigenvalue weighted by Crippen LogP contribution is -2.23. The standard InChI is InChI=1S/C9H10N4O2S2/c14-13(15)7-5-10-8(11-6-7)17-9(16)12-3-1-2-4-12/h5-6H,1-4H2. The van der Waals surface area contributed by atoms with Crippen LogP contribution in [0.3, 0.4) is 0 Å². The molecular formula is C9H10N4O2S2. The van der Waals surface area contributed by atoms with Gasteiger partial charge in [-0.05, 0) is 24.6 Å². The van der Waals surface area contributed by atoms with Crippen LogP contribution in [0.2, 0.25) is 0 Å². The van der Waals surface area contributed by atoms with Gasteiger partial charge in [-0.1, -0.05) is 12.2 Å². The number of likely N-dealkylation sites (tertiary alicyclic amines) is 1. The van der Waals surface area contributed by atoms with Crippen molar-refractivity contribution in [2.75, 3.05) is 13.1 Å². The summed E-state index contributed by atoms with van der Waals surface area (Å²) >= 11 is 6.53. The first-order valence-corrected chi connectivity index (χ1v) is 6.32. The highest BCUT2D eigenvalue weighted by Crippen LogP contribution is 2.21. The van der Waals surface area contributed by atoms with Crippen LogP contribution in [0.5, 0.6) is 0 Å². The zero-order valence-corrected chi connectivity index (χ0v) is 10.5. The van der Waals surface area contributed by atoms with Gasteiger partial charge in [0.2, 0.25) is 0 Å². The minimum atomic E-state index is -0.521. The van der Waals surface area contributed by atoms with Crippen molar-refractivity contribution in [1.29, 1.82) is 0 Å². The SMILES string of the molecule is O=[N+]([O-])c1cnc(SC(=S)N2CCCC2)nc1. The molecule has 1 aromatic heterocycles. The maximum Gasteiger partial charge on any atom is 0.305 e. The Kier molecular flexibility index (Phi) is 3.85. The quantitative estimate of drug-likeness (QED) is 0.267. The van der Waals surface area contributed by atoms with Crippen LogP contribution < -0.4 is 0 Å². The number of nitro groups is 1. The van der Waals surface area contributed by atoms with Gasteiger partial charge in [0.05, 0.1) is 4.92 Å². The molecule has 1 aliphatic heterocycles. The van der Waals surface area contributed by atoms with Gasteiger partial charge >= 0.3 is 5.69 Å². The summed E-state index contributed by atoms with van der Waals surface area (Å²) in [6, 6.07) is 0. The smallest absolute Gasteiger partial charge is 0.305 e. The maximum atomic E-state index is 10.4. The van der Waals surface area contributed by atoms with E-state index in [1.54, 1.807) is 0 Å². The minimum absolute atomic E-state index is 0.110. The van der Waals surface area contributed by atoms with Gasteiger partial charge in [0, 0.05) is 13.1 Å². The molecule has 0 saturated carbocycles. The zero-order chi connectivity index (χ0) is 12.3. The fraction of sp³-hybridized carbons (Fsp3) is 0.444. The summed E-state index contributed by atoms with van der Waals surface area (Å²) in [4.78, 5) is 19.8. The summed E-state index contributed by atoms with van der Waals surface area (Å²) in [5, 5.41) is 10.9. The Morgan fingerprint density at radius 3 is 2.53 bits per heavy atom. The molecule has 8 heteroatoms. The van der Waals surface area contributed by atoms with E-state index < -0.39 is 4.92 Å². The molecule has 0 radical (unpaired) electrons. The summed E-state index contributed by atoms with van der Waals surface area (Å²) in [7, 11) is 0. The second-order valence-corrected chi connectivity index (χ2v) is 5.14. The number of hydrogen-bond acceptors (Lipinski definition) is 6. The number of thiocarbonyl (C=S) groups is 1. The third kappa shape index (κ3) is 3.10. The van der Waals surface area contributed by atoms with Crippen molar-refractivity contribution in [2.24, 2.45) is 0 Å². The van der Waals surface area contributed by atoms with Crippen molar-refractivity contribution in [1.82, 2.24) is 14.9 Å². The van der Waals surface area contributed by atoms with E-state index in [1.165, 1.54) is 24.2 Å². The van der Waals surface area contributed by atoms with Gasteiger partial charge in [-0.3, -0.25) is 10.1 Å². The molecule has 17 heavy (non-hydrogen) atoms. The van der Waals surface area contributed by atoms with E-state index in [-0.39, 0.29) is 5.69 Å². The van der Waals surface area contributed by atoms with Gasteiger partial charge in [-0.2, -0.15) is 0 Å². The predicted octanol–water partition coefficient (Wildman–Crippen LogP) is 1.86. The van der Waals surface area contributed by atoms with Gasteiger partial charge in [0.25, 0.3) is 0 Å². The normalized spacial score (nSPS) is 14.9. The van der Waals surface area contributed by atoms with Crippen molar-refractivity contribution in [3.05, 3.63) is 22.5 Å². The molecule has 0 aliphatic carbocycles. The van der Waals surface area contributed by atoms with Gasteiger partial charge < -0.3 is 4.90 Å².